The molecule has 4 rings (SSSR count). The van der Waals surface area contributed by atoms with Crippen LogP contribution in [0.25, 0.3) is 5.69 Å². The van der Waals surface area contributed by atoms with Crippen molar-refractivity contribution < 1.29 is 9.18 Å². The molecule has 3 aromatic carbocycles. The van der Waals surface area contributed by atoms with Crippen LogP contribution >= 0.6 is 0 Å². The van der Waals surface area contributed by atoms with Gasteiger partial charge in [-0.15, -0.1) is 0 Å². The molecule has 0 bridgehead atoms. The predicted molar refractivity (Wildman–Crippen MR) is 123 cm³/mol. The summed E-state index contributed by atoms with van der Waals surface area (Å²) in [5.74, 6) is -1.26. The number of carbonyl (C=O) groups excluding carboxylic acids is 1. The summed E-state index contributed by atoms with van der Waals surface area (Å²) in [6.07, 6.45) is 0. The van der Waals surface area contributed by atoms with E-state index in [0.717, 1.165) is 25.9 Å². The van der Waals surface area contributed by atoms with E-state index in [1.165, 1.54) is 24.3 Å². The largest absolute Gasteiger partial charge is 0.352 e. The Hall–Kier alpha value is -4.33. The first-order valence-electron chi connectivity index (χ1n) is 10.3. The van der Waals surface area contributed by atoms with E-state index in [0.29, 0.717) is 11.4 Å². The zero-order valence-electron chi connectivity index (χ0n) is 18.1. The number of anilines is 1. The van der Waals surface area contributed by atoms with E-state index in [-0.39, 0.29) is 6.54 Å². The maximum atomic E-state index is 13.3. The third kappa shape index (κ3) is 4.64. The SMILES string of the molecule is Cc1ccc(-n2nc(C(=O)Nc3ccc(F)cc3)c(=O)n(Cc3ccccc3C)c2=O)cc1. The summed E-state index contributed by atoms with van der Waals surface area (Å²) < 4.78 is 15.2. The molecule has 0 atom stereocenters. The maximum absolute atomic E-state index is 13.3. The first kappa shape index (κ1) is 21.9. The van der Waals surface area contributed by atoms with Gasteiger partial charge in [-0.3, -0.25) is 14.2 Å². The number of aromatic nitrogens is 3. The molecule has 7 nitrogen and oxygen atoms in total. The quantitative estimate of drug-likeness (QED) is 0.511. The Morgan fingerprint density at radius 1 is 0.939 bits per heavy atom. The monoisotopic (exact) mass is 444 g/mol. The second-order valence-corrected chi connectivity index (χ2v) is 7.66. The fourth-order valence-corrected chi connectivity index (χ4v) is 3.33. The van der Waals surface area contributed by atoms with E-state index in [2.05, 4.69) is 10.4 Å². The topological polar surface area (TPSA) is 86.0 Å². The molecule has 0 unspecified atom stereocenters. The number of benzene rings is 3. The number of carbonyl (C=O) groups is 1. The van der Waals surface area contributed by atoms with Crippen LogP contribution in [0.15, 0.2) is 82.4 Å². The summed E-state index contributed by atoms with van der Waals surface area (Å²) in [6.45, 7) is 3.76. The van der Waals surface area contributed by atoms with Crippen molar-refractivity contribution in [3.63, 3.8) is 0 Å². The molecule has 0 spiro atoms. The highest BCUT2D eigenvalue weighted by atomic mass is 19.1. The molecule has 1 N–H and O–H groups in total. The molecule has 8 heteroatoms. The minimum atomic E-state index is -0.814. The summed E-state index contributed by atoms with van der Waals surface area (Å²) in [5.41, 5.74) is 1.43. The second-order valence-electron chi connectivity index (χ2n) is 7.66. The van der Waals surface area contributed by atoms with Gasteiger partial charge in [-0.2, -0.15) is 9.78 Å². The van der Waals surface area contributed by atoms with Gasteiger partial charge in [0.2, 0.25) is 5.69 Å². The van der Waals surface area contributed by atoms with E-state index in [9.17, 15) is 18.8 Å². The zero-order chi connectivity index (χ0) is 23.5. The Balaban J connectivity index is 1.85. The summed E-state index contributed by atoms with van der Waals surface area (Å²) in [4.78, 5) is 39.4. The van der Waals surface area contributed by atoms with Crippen LogP contribution < -0.4 is 16.6 Å². The van der Waals surface area contributed by atoms with E-state index in [1.807, 2.05) is 38.1 Å². The molecule has 1 aromatic heterocycles. The van der Waals surface area contributed by atoms with Crippen molar-refractivity contribution in [1.29, 1.82) is 0 Å². The zero-order valence-corrected chi connectivity index (χ0v) is 18.1. The molecule has 0 aliphatic heterocycles. The van der Waals surface area contributed by atoms with E-state index in [4.69, 9.17) is 0 Å². The van der Waals surface area contributed by atoms with Crippen LogP contribution in [0, 0.1) is 19.7 Å². The predicted octanol–water partition coefficient (Wildman–Crippen LogP) is 3.45. The molecule has 0 saturated heterocycles. The third-order valence-electron chi connectivity index (χ3n) is 5.25. The second kappa shape index (κ2) is 9.04. The lowest BCUT2D eigenvalue weighted by Crippen LogP contribution is -2.45. The van der Waals surface area contributed by atoms with Crippen LogP contribution in [-0.2, 0) is 6.54 Å². The van der Waals surface area contributed by atoms with Gasteiger partial charge in [0.25, 0.3) is 11.5 Å². The molecular formula is C25H21FN4O3. The molecule has 0 aliphatic rings. The highest BCUT2D eigenvalue weighted by Crippen LogP contribution is 2.11. The summed E-state index contributed by atoms with van der Waals surface area (Å²) in [5, 5.41) is 6.63. The number of amides is 1. The molecule has 1 heterocycles. The molecule has 166 valence electrons. The number of aryl methyl sites for hydroxylation is 2. The van der Waals surface area contributed by atoms with Gasteiger partial charge in [-0.1, -0.05) is 42.0 Å². The number of hydrogen-bond donors (Lipinski definition) is 1. The Bertz CT molecular complexity index is 1440. The van der Waals surface area contributed by atoms with E-state index >= 15 is 0 Å². The van der Waals surface area contributed by atoms with Gasteiger partial charge >= 0.3 is 5.69 Å². The number of hydrogen-bond acceptors (Lipinski definition) is 4. The van der Waals surface area contributed by atoms with Crippen LogP contribution in [0.2, 0.25) is 0 Å². The minimum Gasteiger partial charge on any atom is -0.320 e. The van der Waals surface area contributed by atoms with Crippen molar-refractivity contribution in [3.8, 4) is 5.69 Å². The molecular weight excluding hydrogens is 423 g/mol. The van der Waals surface area contributed by atoms with Crippen LogP contribution in [-0.4, -0.2) is 20.3 Å². The van der Waals surface area contributed by atoms with Gasteiger partial charge < -0.3 is 5.32 Å². The van der Waals surface area contributed by atoms with Crippen molar-refractivity contribution in [1.82, 2.24) is 14.3 Å². The van der Waals surface area contributed by atoms with Crippen molar-refractivity contribution >= 4 is 11.6 Å². The lowest BCUT2D eigenvalue weighted by atomic mass is 10.1. The van der Waals surface area contributed by atoms with Gasteiger partial charge in [0, 0.05) is 5.69 Å². The summed E-state index contributed by atoms with van der Waals surface area (Å²) in [6, 6.07) is 19.5. The molecule has 0 aliphatic carbocycles. The Kier molecular flexibility index (Phi) is 5.99. The van der Waals surface area contributed by atoms with Gasteiger partial charge in [0.15, 0.2) is 0 Å². The van der Waals surface area contributed by atoms with E-state index < -0.39 is 28.7 Å². The van der Waals surface area contributed by atoms with Gasteiger partial charge in [-0.05, 0) is 61.4 Å². The molecule has 0 fully saturated rings. The highest BCUT2D eigenvalue weighted by molar-refractivity contribution is 6.02. The first-order valence-corrected chi connectivity index (χ1v) is 10.3. The van der Waals surface area contributed by atoms with Gasteiger partial charge in [0.1, 0.15) is 5.82 Å². The molecule has 33 heavy (non-hydrogen) atoms. The summed E-state index contributed by atoms with van der Waals surface area (Å²) in [7, 11) is 0. The molecule has 1 amide bonds. The smallest absolute Gasteiger partial charge is 0.320 e. The molecule has 0 radical (unpaired) electrons. The lowest BCUT2D eigenvalue weighted by molar-refractivity contribution is 0.101. The number of halogens is 1. The molecule has 4 aromatic rings. The summed E-state index contributed by atoms with van der Waals surface area (Å²) >= 11 is 0. The fraction of sp³-hybridized carbons (Fsp3) is 0.120. The van der Waals surface area contributed by atoms with Crippen LogP contribution in [0.4, 0.5) is 10.1 Å². The van der Waals surface area contributed by atoms with Gasteiger partial charge in [0.05, 0.1) is 12.2 Å². The average Bonchev–Trinajstić information content (AvgIpc) is 2.80. The highest BCUT2D eigenvalue weighted by Gasteiger charge is 2.21. The Morgan fingerprint density at radius 3 is 2.27 bits per heavy atom. The van der Waals surface area contributed by atoms with Crippen LogP contribution in [0.1, 0.15) is 27.2 Å². The normalized spacial score (nSPS) is 10.8. The Morgan fingerprint density at radius 2 is 1.61 bits per heavy atom. The number of nitrogens with one attached hydrogen (secondary N) is 1. The van der Waals surface area contributed by atoms with Crippen molar-refractivity contribution in [2.45, 2.75) is 20.4 Å². The molecule has 0 saturated carbocycles. The Labute approximate surface area is 188 Å². The van der Waals surface area contributed by atoms with Crippen molar-refractivity contribution in [2.24, 2.45) is 0 Å². The van der Waals surface area contributed by atoms with E-state index in [1.54, 1.807) is 24.3 Å². The number of nitrogens with zero attached hydrogens (tertiary/aromatic N) is 3. The average molecular weight is 444 g/mol. The third-order valence-corrected chi connectivity index (χ3v) is 5.25. The van der Waals surface area contributed by atoms with Gasteiger partial charge in [-0.25, -0.2) is 9.18 Å². The lowest BCUT2D eigenvalue weighted by Gasteiger charge is -2.13. The number of rotatable bonds is 5. The van der Waals surface area contributed by atoms with Crippen molar-refractivity contribution in [2.75, 3.05) is 5.32 Å². The standard InChI is InChI=1S/C25H21FN4O3/c1-16-7-13-21(14-8-16)30-25(33)29(15-18-6-4-3-5-17(18)2)24(32)22(28-30)23(31)27-20-11-9-19(26)10-12-20/h3-14H,15H2,1-2H3,(H,27,31). The minimum absolute atomic E-state index is 0.0183. The van der Waals surface area contributed by atoms with Crippen LogP contribution in [0.5, 0.6) is 0 Å². The van der Waals surface area contributed by atoms with Crippen molar-refractivity contribution in [3.05, 3.63) is 122 Å². The fourth-order valence-electron chi connectivity index (χ4n) is 3.33. The first-order chi connectivity index (χ1) is 15.8. The van der Waals surface area contributed by atoms with Crippen LogP contribution in [0.3, 0.4) is 0 Å². The maximum Gasteiger partial charge on any atom is 0.352 e.